The molecular formula is C29H36N2O3S. The van der Waals surface area contributed by atoms with Crippen molar-refractivity contribution in [3.05, 3.63) is 72.3 Å². The van der Waals surface area contributed by atoms with Gasteiger partial charge < -0.3 is 15.4 Å². The lowest BCUT2D eigenvalue weighted by atomic mass is 9.86. The van der Waals surface area contributed by atoms with E-state index in [1.165, 1.54) is 16.3 Å². The van der Waals surface area contributed by atoms with E-state index in [2.05, 4.69) is 54.8 Å². The van der Waals surface area contributed by atoms with E-state index in [1.807, 2.05) is 12.1 Å². The number of benzene rings is 3. The molecule has 0 radical (unpaired) electrons. The summed E-state index contributed by atoms with van der Waals surface area (Å²) in [6, 6.07) is 21.8. The third-order valence-corrected chi connectivity index (χ3v) is 9.93. The van der Waals surface area contributed by atoms with Crippen LogP contribution in [0.2, 0.25) is 0 Å². The van der Waals surface area contributed by atoms with Crippen LogP contribution in [0.25, 0.3) is 10.8 Å². The number of nitrogens with one attached hydrogen (secondary N) is 2. The van der Waals surface area contributed by atoms with Crippen LogP contribution in [0.4, 0.5) is 0 Å². The topological polar surface area (TPSA) is 67.4 Å². The molecule has 5 atom stereocenters. The number of sulfone groups is 1. The van der Waals surface area contributed by atoms with Gasteiger partial charge in [0.05, 0.1) is 16.8 Å². The van der Waals surface area contributed by atoms with Crippen LogP contribution in [0.5, 0.6) is 5.75 Å². The Labute approximate surface area is 209 Å². The third kappa shape index (κ3) is 4.97. The van der Waals surface area contributed by atoms with Crippen molar-refractivity contribution in [1.29, 1.82) is 0 Å². The predicted octanol–water partition coefficient (Wildman–Crippen LogP) is 5.09. The van der Waals surface area contributed by atoms with Crippen molar-refractivity contribution in [2.24, 2.45) is 5.92 Å². The van der Waals surface area contributed by atoms with Crippen molar-refractivity contribution in [2.45, 2.75) is 74.3 Å². The van der Waals surface area contributed by atoms with Crippen LogP contribution >= 0.6 is 0 Å². The van der Waals surface area contributed by atoms with Crippen LogP contribution in [0.3, 0.4) is 0 Å². The Bertz CT molecular complexity index is 1260. The van der Waals surface area contributed by atoms with Crippen molar-refractivity contribution in [1.82, 2.24) is 10.6 Å². The zero-order chi connectivity index (χ0) is 24.4. The molecule has 3 aromatic rings. The van der Waals surface area contributed by atoms with Gasteiger partial charge in [0.2, 0.25) is 0 Å². The smallest absolute Gasteiger partial charge is 0.184 e. The first-order valence-electron chi connectivity index (χ1n) is 12.9. The second-order valence-electron chi connectivity index (χ2n) is 10.1. The van der Waals surface area contributed by atoms with Gasteiger partial charge in [0.1, 0.15) is 5.75 Å². The summed E-state index contributed by atoms with van der Waals surface area (Å²) in [5.74, 6) is 1.17. The Morgan fingerprint density at radius 1 is 1.00 bits per heavy atom. The van der Waals surface area contributed by atoms with Crippen molar-refractivity contribution in [2.75, 3.05) is 6.61 Å². The monoisotopic (exact) mass is 492 g/mol. The van der Waals surface area contributed by atoms with E-state index >= 15 is 0 Å². The van der Waals surface area contributed by atoms with Gasteiger partial charge in [-0.3, -0.25) is 0 Å². The molecule has 2 fully saturated rings. The van der Waals surface area contributed by atoms with Crippen molar-refractivity contribution in [3.63, 3.8) is 0 Å². The zero-order valence-corrected chi connectivity index (χ0v) is 21.4. The molecule has 186 valence electrons. The first-order chi connectivity index (χ1) is 17.0. The maximum Gasteiger partial charge on any atom is 0.184 e. The molecule has 2 N–H and O–H groups in total. The largest absolute Gasteiger partial charge is 0.494 e. The van der Waals surface area contributed by atoms with Gasteiger partial charge in [-0.25, -0.2) is 8.42 Å². The molecule has 2 aliphatic rings. The van der Waals surface area contributed by atoms with Gasteiger partial charge in [-0.2, -0.15) is 0 Å². The number of unbranched alkanes of at least 4 members (excludes halogenated alkanes) is 2. The summed E-state index contributed by atoms with van der Waals surface area (Å²) in [6.07, 6.45) is 4.18. The quantitative estimate of drug-likeness (QED) is 0.386. The molecule has 2 aliphatic heterocycles. The number of fused-ring (bicyclic) bond motifs is 3. The van der Waals surface area contributed by atoms with E-state index < -0.39 is 15.1 Å². The Morgan fingerprint density at radius 3 is 2.54 bits per heavy atom. The molecule has 3 aromatic carbocycles. The standard InChI is InChI=1S/C29H36N2O3S/c1-3-4-7-16-34-24-12-14-25(15-13-24)35(32,33)29-26-17-20(2)27(31-26)28(29)30-19-21-10-11-22-8-5-6-9-23(22)18-21/h5-6,8-15,18,20,26-31H,3-4,7,16-17,19H2,1-2H3/t20-,26+,27-,28-,29-/m1/s1. The fourth-order valence-electron chi connectivity index (χ4n) is 5.83. The number of hydrogen-bond acceptors (Lipinski definition) is 5. The van der Waals surface area contributed by atoms with Gasteiger partial charge in [-0.15, -0.1) is 0 Å². The summed E-state index contributed by atoms with van der Waals surface area (Å²) in [5.41, 5.74) is 1.17. The van der Waals surface area contributed by atoms with E-state index in [4.69, 9.17) is 4.74 Å². The van der Waals surface area contributed by atoms with Crippen molar-refractivity contribution in [3.8, 4) is 5.75 Å². The first kappa shape index (κ1) is 24.3. The maximum absolute atomic E-state index is 13.8. The van der Waals surface area contributed by atoms with E-state index in [-0.39, 0.29) is 18.1 Å². The lowest BCUT2D eigenvalue weighted by Gasteiger charge is -2.33. The van der Waals surface area contributed by atoms with Crippen molar-refractivity contribution >= 4 is 20.6 Å². The Morgan fingerprint density at radius 2 is 1.77 bits per heavy atom. The fraction of sp³-hybridized carbons (Fsp3) is 0.448. The lowest BCUT2D eigenvalue weighted by Crippen LogP contribution is -2.53. The van der Waals surface area contributed by atoms with E-state index in [0.29, 0.717) is 24.0 Å². The van der Waals surface area contributed by atoms with E-state index in [0.717, 1.165) is 31.4 Å². The van der Waals surface area contributed by atoms with Crippen LogP contribution < -0.4 is 15.4 Å². The number of hydrogen-bond donors (Lipinski definition) is 2. The Balaban J connectivity index is 1.32. The van der Waals surface area contributed by atoms with Gasteiger partial charge in [-0.05, 0) is 65.4 Å². The highest BCUT2D eigenvalue weighted by Gasteiger charge is 2.56. The molecular weight excluding hydrogens is 456 g/mol. The highest BCUT2D eigenvalue weighted by Crippen LogP contribution is 2.39. The first-order valence-corrected chi connectivity index (χ1v) is 14.5. The summed E-state index contributed by atoms with van der Waals surface area (Å²) in [7, 11) is -3.51. The summed E-state index contributed by atoms with van der Waals surface area (Å²) in [4.78, 5) is 0.378. The molecule has 2 bridgehead atoms. The average molecular weight is 493 g/mol. The normalized spacial score (nSPS) is 25.8. The minimum absolute atomic E-state index is 0.0286. The van der Waals surface area contributed by atoms with Crippen LogP contribution in [0, 0.1) is 5.92 Å². The molecule has 0 unspecified atom stereocenters. The summed E-state index contributed by atoms with van der Waals surface area (Å²) in [5, 5.41) is 9.17. The van der Waals surface area contributed by atoms with Crippen LogP contribution in [-0.2, 0) is 16.4 Å². The Kier molecular flexibility index (Phi) is 7.14. The van der Waals surface area contributed by atoms with Crippen LogP contribution in [0.15, 0.2) is 71.6 Å². The second kappa shape index (κ2) is 10.3. The van der Waals surface area contributed by atoms with E-state index in [9.17, 15) is 8.42 Å². The zero-order valence-electron chi connectivity index (χ0n) is 20.6. The molecule has 0 aromatic heterocycles. The molecule has 5 rings (SSSR count). The van der Waals surface area contributed by atoms with Crippen molar-refractivity contribution < 1.29 is 13.2 Å². The van der Waals surface area contributed by atoms with Gasteiger partial charge in [0.25, 0.3) is 0 Å². The van der Waals surface area contributed by atoms with Gasteiger partial charge in [0.15, 0.2) is 9.84 Å². The fourth-order valence-corrected chi connectivity index (χ4v) is 7.93. The molecule has 0 aliphatic carbocycles. The highest BCUT2D eigenvalue weighted by molar-refractivity contribution is 7.92. The molecule has 2 heterocycles. The van der Waals surface area contributed by atoms with Gasteiger partial charge in [0, 0.05) is 24.7 Å². The average Bonchev–Trinajstić information content (AvgIpc) is 3.43. The second-order valence-corrected chi connectivity index (χ2v) is 12.2. The summed E-state index contributed by atoms with van der Waals surface area (Å²) in [6.45, 7) is 5.68. The summed E-state index contributed by atoms with van der Waals surface area (Å²) >= 11 is 0. The SMILES string of the molecule is CCCCCOc1ccc(S(=O)(=O)[C@H]2[C@H](NCc3ccc4ccccc4c3)[C@@H]3N[C@H]2C[C@H]3C)cc1. The molecule has 2 saturated heterocycles. The van der Waals surface area contributed by atoms with E-state index in [1.54, 1.807) is 24.3 Å². The van der Waals surface area contributed by atoms with Crippen LogP contribution in [-0.4, -0.2) is 38.4 Å². The molecule has 0 amide bonds. The van der Waals surface area contributed by atoms with Crippen LogP contribution in [0.1, 0.15) is 45.1 Å². The molecule has 0 saturated carbocycles. The lowest BCUT2D eigenvalue weighted by molar-refractivity contribution is 0.306. The molecule has 0 spiro atoms. The molecule has 35 heavy (non-hydrogen) atoms. The highest BCUT2D eigenvalue weighted by atomic mass is 32.2. The third-order valence-electron chi connectivity index (χ3n) is 7.67. The van der Waals surface area contributed by atoms with Gasteiger partial charge in [-0.1, -0.05) is 63.1 Å². The number of rotatable bonds is 10. The predicted molar refractivity (Wildman–Crippen MR) is 142 cm³/mol. The Hall–Kier alpha value is -2.41. The molecule has 5 nitrogen and oxygen atoms in total. The minimum atomic E-state index is -3.51. The summed E-state index contributed by atoms with van der Waals surface area (Å²) < 4.78 is 33.4. The maximum atomic E-state index is 13.8. The minimum Gasteiger partial charge on any atom is -0.494 e. The molecule has 6 heteroatoms. The van der Waals surface area contributed by atoms with Gasteiger partial charge >= 0.3 is 0 Å². The number of ether oxygens (including phenoxy) is 1.